The Labute approximate surface area is 147 Å². The predicted octanol–water partition coefficient (Wildman–Crippen LogP) is 3.01. The van der Waals surface area contributed by atoms with Crippen molar-refractivity contribution in [1.29, 1.82) is 0 Å². The Bertz CT molecular complexity index is 968. The number of aromatic nitrogens is 2. The number of anilines is 1. The van der Waals surface area contributed by atoms with E-state index in [2.05, 4.69) is 10.3 Å². The average molecular weight is 360 g/mol. The van der Waals surface area contributed by atoms with Gasteiger partial charge < -0.3 is 19.6 Å². The molecule has 0 aliphatic carbocycles. The van der Waals surface area contributed by atoms with E-state index < -0.39 is 11.9 Å². The van der Waals surface area contributed by atoms with E-state index in [0.717, 1.165) is 5.69 Å². The maximum absolute atomic E-state index is 12.0. The summed E-state index contributed by atoms with van der Waals surface area (Å²) in [6, 6.07) is 7.74. The number of aryl methyl sites for hydroxylation is 1. The Balaban J connectivity index is 1.69. The fourth-order valence-corrected chi connectivity index (χ4v) is 2.53. The number of carbonyl (C=O) groups is 2. The number of carbonyl (C=O) groups excluding carboxylic acids is 1. The van der Waals surface area contributed by atoms with Gasteiger partial charge in [0, 0.05) is 18.1 Å². The minimum atomic E-state index is -1.17. The highest BCUT2D eigenvalue weighted by molar-refractivity contribution is 6.33. The van der Waals surface area contributed by atoms with Gasteiger partial charge in [0.15, 0.2) is 18.0 Å². The van der Waals surface area contributed by atoms with Crippen molar-refractivity contribution >= 4 is 34.8 Å². The molecule has 2 heterocycles. The van der Waals surface area contributed by atoms with Crippen molar-refractivity contribution in [1.82, 2.24) is 9.38 Å². The Hall–Kier alpha value is -3.06. The van der Waals surface area contributed by atoms with Gasteiger partial charge in [-0.25, -0.2) is 9.78 Å². The van der Waals surface area contributed by atoms with E-state index >= 15 is 0 Å². The number of nitrogens with one attached hydrogen (secondary N) is 1. The number of nitrogens with zero attached hydrogens (tertiary/aromatic N) is 2. The van der Waals surface area contributed by atoms with Crippen molar-refractivity contribution < 1.29 is 19.4 Å². The number of ether oxygens (including phenoxy) is 1. The first-order chi connectivity index (χ1) is 11.9. The van der Waals surface area contributed by atoms with Gasteiger partial charge in [-0.05, 0) is 37.3 Å². The van der Waals surface area contributed by atoms with Crippen LogP contribution < -0.4 is 10.1 Å². The topological polar surface area (TPSA) is 92.9 Å². The van der Waals surface area contributed by atoms with Crippen LogP contribution in [-0.2, 0) is 4.79 Å². The first-order valence-electron chi connectivity index (χ1n) is 7.34. The maximum atomic E-state index is 12.0. The van der Waals surface area contributed by atoms with Gasteiger partial charge in [-0.15, -0.1) is 0 Å². The minimum Gasteiger partial charge on any atom is -0.480 e. The molecule has 128 valence electrons. The molecule has 8 heteroatoms. The van der Waals surface area contributed by atoms with Crippen molar-refractivity contribution in [3.63, 3.8) is 0 Å². The monoisotopic (exact) mass is 359 g/mol. The fraction of sp³-hybridized carbons (Fsp3) is 0.118. The molecule has 25 heavy (non-hydrogen) atoms. The first kappa shape index (κ1) is 16.8. The lowest BCUT2D eigenvalue weighted by atomic mass is 10.2. The second-order valence-corrected chi connectivity index (χ2v) is 5.73. The molecule has 1 aromatic carbocycles. The molecule has 0 unspecified atom stereocenters. The van der Waals surface area contributed by atoms with E-state index in [0.29, 0.717) is 17.1 Å². The maximum Gasteiger partial charge on any atom is 0.337 e. The molecule has 3 rings (SSSR count). The zero-order valence-electron chi connectivity index (χ0n) is 13.2. The number of benzene rings is 1. The van der Waals surface area contributed by atoms with Crippen molar-refractivity contribution in [2.45, 2.75) is 6.92 Å². The Morgan fingerprint density at radius 1 is 1.36 bits per heavy atom. The quantitative estimate of drug-likeness (QED) is 0.730. The second-order valence-electron chi connectivity index (χ2n) is 5.32. The van der Waals surface area contributed by atoms with Gasteiger partial charge in [-0.1, -0.05) is 11.6 Å². The molecular formula is C17H14ClN3O4. The molecule has 0 saturated heterocycles. The van der Waals surface area contributed by atoms with Crippen LogP contribution in [0.4, 0.5) is 5.69 Å². The van der Waals surface area contributed by atoms with Gasteiger partial charge in [0.1, 0.15) is 0 Å². The normalized spacial score (nSPS) is 10.6. The van der Waals surface area contributed by atoms with Crippen molar-refractivity contribution in [2.75, 3.05) is 11.9 Å². The number of hydrogen-bond acceptors (Lipinski definition) is 4. The number of hydrogen-bond donors (Lipinski definition) is 2. The minimum absolute atomic E-state index is 0.0852. The number of amides is 1. The molecule has 0 bridgehead atoms. The SMILES string of the molecule is Cc1cn2cccc(OCC(=O)Nc3ccc(Cl)c(C(=O)O)c3)c2n1. The lowest BCUT2D eigenvalue weighted by Crippen LogP contribution is -2.20. The fourth-order valence-electron chi connectivity index (χ4n) is 2.33. The summed E-state index contributed by atoms with van der Waals surface area (Å²) in [5.74, 6) is -1.12. The van der Waals surface area contributed by atoms with E-state index in [1.165, 1.54) is 18.2 Å². The zero-order chi connectivity index (χ0) is 18.0. The highest BCUT2D eigenvalue weighted by Crippen LogP contribution is 2.21. The summed E-state index contributed by atoms with van der Waals surface area (Å²) in [6.07, 6.45) is 3.69. The van der Waals surface area contributed by atoms with Crippen LogP contribution in [0.15, 0.2) is 42.7 Å². The van der Waals surface area contributed by atoms with E-state index in [-0.39, 0.29) is 17.2 Å². The zero-order valence-corrected chi connectivity index (χ0v) is 13.9. The first-order valence-corrected chi connectivity index (χ1v) is 7.71. The van der Waals surface area contributed by atoms with Crippen LogP contribution >= 0.6 is 11.6 Å². The van der Waals surface area contributed by atoms with Crippen molar-refractivity contribution in [2.24, 2.45) is 0 Å². The van der Waals surface area contributed by atoms with E-state index in [1.807, 2.05) is 19.3 Å². The van der Waals surface area contributed by atoms with Gasteiger partial charge in [-0.3, -0.25) is 4.79 Å². The van der Waals surface area contributed by atoms with Crippen molar-refractivity contribution in [3.8, 4) is 5.75 Å². The third kappa shape index (κ3) is 3.72. The Morgan fingerprint density at radius 3 is 2.92 bits per heavy atom. The smallest absolute Gasteiger partial charge is 0.337 e. The van der Waals surface area contributed by atoms with E-state index in [1.54, 1.807) is 16.5 Å². The molecule has 3 aromatic rings. The number of rotatable bonds is 5. The molecule has 2 N–H and O–H groups in total. The lowest BCUT2D eigenvalue weighted by molar-refractivity contribution is -0.118. The Kier molecular flexibility index (Phi) is 4.58. The summed E-state index contributed by atoms with van der Waals surface area (Å²) in [7, 11) is 0. The number of carboxylic acids is 1. The van der Waals surface area contributed by atoms with Crippen LogP contribution in [-0.4, -0.2) is 33.0 Å². The third-order valence-electron chi connectivity index (χ3n) is 3.41. The van der Waals surface area contributed by atoms with Gasteiger partial charge >= 0.3 is 5.97 Å². The molecule has 7 nitrogen and oxygen atoms in total. The third-order valence-corrected chi connectivity index (χ3v) is 3.74. The Morgan fingerprint density at radius 2 is 2.16 bits per heavy atom. The molecule has 0 aliphatic rings. The second kappa shape index (κ2) is 6.82. The molecule has 0 fully saturated rings. The number of pyridine rings is 1. The number of imidazole rings is 1. The predicted molar refractivity (Wildman–Crippen MR) is 92.5 cm³/mol. The van der Waals surface area contributed by atoms with E-state index in [9.17, 15) is 9.59 Å². The summed E-state index contributed by atoms with van der Waals surface area (Å²) in [5.41, 5.74) is 1.69. The molecule has 2 aromatic heterocycles. The number of aromatic carboxylic acids is 1. The van der Waals surface area contributed by atoms with Crippen LogP contribution in [0.25, 0.3) is 5.65 Å². The summed E-state index contributed by atoms with van der Waals surface area (Å²) in [5, 5.41) is 11.7. The molecule has 0 aliphatic heterocycles. The average Bonchev–Trinajstić information content (AvgIpc) is 2.95. The van der Waals surface area contributed by atoms with Crippen LogP contribution in [0.1, 0.15) is 16.1 Å². The van der Waals surface area contributed by atoms with Gasteiger partial charge in [0.05, 0.1) is 16.3 Å². The van der Waals surface area contributed by atoms with Gasteiger partial charge in [0.25, 0.3) is 5.91 Å². The highest BCUT2D eigenvalue weighted by Gasteiger charge is 2.12. The summed E-state index contributed by atoms with van der Waals surface area (Å²) in [6.45, 7) is 1.63. The van der Waals surface area contributed by atoms with Crippen LogP contribution in [0, 0.1) is 6.92 Å². The number of carboxylic acid groups (broad SMARTS) is 1. The van der Waals surface area contributed by atoms with Gasteiger partial charge in [-0.2, -0.15) is 0 Å². The number of fused-ring (bicyclic) bond motifs is 1. The molecular weight excluding hydrogens is 346 g/mol. The van der Waals surface area contributed by atoms with Crippen LogP contribution in [0.2, 0.25) is 5.02 Å². The largest absolute Gasteiger partial charge is 0.480 e. The van der Waals surface area contributed by atoms with Gasteiger partial charge in [0.2, 0.25) is 0 Å². The molecule has 0 saturated carbocycles. The van der Waals surface area contributed by atoms with Crippen molar-refractivity contribution in [3.05, 3.63) is 59.0 Å². The summed E-state index contributed by atoms with van der Waals surface area (Å²) in [4.78, 5) is 27.5. The van der Waals surface area contributed by atoms with Crippen LogP contribution in [0.5, 0.6) is 5.75 Å². The summed E-state index contributed by atoms with van der Waals surface area (Å²) < 4.78 is 7.34. The highest BCUT2D eigenvalue weighted by atomic mass is 35.5. The lowest BCUT2D eigenvalue weighted by Gasteiger charge is -2.09. The van der Waals surface area contributed by atoms with E-state index in [4.69, 9.17) is 21.4 Å². The molecule has 0 radical (unpaired) electrons. The van der Waals surface area contributed by atoms with Crippen LogP contribution in [0.3, 0.4) is 0 Å². The number of halogens is 1. The molecule has 1 amide bonds. The molecule has 0 spiro atoms. The summed E-state index contributed by atoms with van der Waals surface area (Å²) >= 11 is 5.80. The molecule has 0 atom stereocenters. The standard InChI is InChI=1S/C17H14ClN3O4/c1-10-8-21-6-2-3-14(16(21)19-10)25-9-15(22)20-11-4-5-13(18)12(7-11)17(23)24/h2-8H,9H2,1H3,(H,20,22)(H,23,24).